The highest BCUT2D eigenvalue weighted by molar-refractivity contribution is 14.1. The van der Waals surface area contributed by atoms with Gasteiger partial charge in [-0.1, -0.05) is 11.6 Å². The summed E-state index contributed by atoms with van der Waals surface area (Å²) in [4.78, 5) is 3.15. The summed E-state index contributed by atoms with van der Waals surface area (Å²) >= 11 is 8.15. The standard InChI is InChI=1S/C11H10ClIN2/c12-8-3-4-11(10(13)6-8)15-7-9-2-1-5-14-9/h1-6,14-15H,7H2. The molecule has 0 aliphatic heterocycles. The maximum absolute atomic E-state index is 5.88. The number of halogens is 2. The number of H-pyrrole nitrogens is 1. The van der Waals surface area contributed by atoms with E-state index >= 15 is 0 Å². The molecule has 4 heteroatoms. The van der Waals surface area contributed by atoms with E-state index < -0.39 is 0 Å². The molecule has 2 rings (SSSR count). The van der Waals surface area contributed by atoms with Crippen molar-refractivity contribution in [2.45, 2.75) is 6.54 Å². The van der Waals surface area contributed by atoms with Crippen LogP contribution in [-0.4, -0.2) is 4.98 Å². The van der Waals surface area contributed by atoms with Crippen molar-refractivity contribution in [1.82, 2.24) is 4.98 Å². The normalized spacial score (nSPS) is 10.3. The Morgan fingerprint density at radius 2 is 2.20 bits per heavy atom. The Kier molecular flexibility index (Phi) is 3.53. The molecule has 0 bridgehead atoms. The van der Waals surface area contributed by atoms with E-state index in [-0.39, 0.29) is 0 Å². The van der Waals surface area contributed by atoms with Gasteiger partial charge < -0.3 is 10.3 Å². The number of hydrogen-bond acceptors (Lipinski definition) is 1. The van der Waals surface area contributed by atoms with Crippen LogP contribution < -0.4 is 5.32 Å². The number of aromatic nitrogens is 1. The Morgan fingerprint density at radius 1 is 1.33 bits per heavy atom. The van der Waals surface area contributed by atoms with Gasteiger partial charge in [0.2, 0.25) is 0 Å². The quantitative estimate of drug-likeness (QED) is 0.820. The van der Waals surface area contributed by atoms with Crippen LogP contribution >= 0.6 is 34.2 Å². The Hall–Kier alpha value is -0.680. The van der Waals surface area contributed by atoms with Crippen LogP contribution in [0, 0.1) is 3.57 Å². The van der Waals surface area contributed by atoms with E-state index in [0.29, 0.717) is 0 Å². The van der Waals surface area contributed by atoms with Crippen molar-refractivity contribution in [3.63, 3.8) is 0 Å². The highest BCUT2D eigenvalue weighted by atomic mass is 127. The van der Waals surface area contributed by atoms with Crippen LogP contribution in [0.4, 0.5) is 5.69 Å². The summed E-state index contributed by atoms with van der Waals surface area (Å²) in [7, 11) is 0. The van der Waals surface area contributed by atoms with E-state index in [0.717, 1.165) is 20.8 Å². The lowest BCUT2D eigenvalue weighted by atomic mass is 10.3. The second-order valence-corrected chi connectivity index (χ2v) is 4.77. The second kappa shape index (κ2) is 4.90. The summed E-state index contributed by atoms with van der Waals surface area (Å²) in [5, 5.41) is 4.11. The third-order valence-electron chi connectivity index (χ3n) is 2.06. The van der Waals surface area contributed by atoms with Gasteiger partial charge in [-0.2, -0.15) is 0 Å². The maximum Gasteiger partial charge on any atom is 0.0551 e. The molecule has 0 atom stereocenters. The first-order chi connectivity index (χ1) is 7.25. The topological polar surface area (TPSA) is 27.8 Å². The zero-order chi connectivity index (χ0) is 10.7. The van der Waals surface area contributed by atoms with E-state index in [4.69, 9.17) is 11.6 Å². The van der Waals surface area contributed by atoms with Gasteiger partial charge >= 0.3 is 0 Å². The fraction of sp³-hybridized carbons (Fsp3) is 0.0909. The van der Waals surface area contributed by atoms with E-state index in [1.54, 1.807) is 0 Å². The van der Waals surface area contributed by atoms with E-state index in [1.807, 2.05) is 30.5 Å². The van der Waals surface area contributed by atoms with Crippen LogP contribution in [0.5, 0.6) is 0 Å². The lowest BCUT2D eigenvalue weighted by Crippen LogP contribution is -2.00. The van der Waals surface area contributed by atoms with Crippen LogP contribution in [0.25, 0.3) is 0 Å². The molecular formula is C11H10ClIN2. The molecule has 15 heavy (non-hydrogen) atoms. The van der Waals surface area contributed by atoms with Crippen molar-refractivity contribution in [2.75, 3.05) is 5.32 Å². The largest absolute Gasteiger partial charge is 0.379 e. The third kappa shape index (κ3) is 2.89. The first-order valence-corrected chi connectivity index (χ1v) is 6.02. The average molecular weight is 333 g/mol. The maximum atomic E-state index is 5.88. The van der Waals surface area contributed by atoms with Crippen molar-refractivity contribution in [3.05, 3.63) is 50.8 Å². The van der Waals surface area contributed by atoms with Crippen molar-refractivity contribution < 1.29 is 0 Å². The van der Waals surface area contributed by atoms with Crippen molar-refractivity contribution in [1.29, 1.82) is 0 Å². The number of benzene rings is 1. The first kappa shape index (κ1) is 10.8. The second-order valence-electron chi connectivity index (χ2n) is 3.17. The van der Waals surface area contributed by atoms with Gasteiger partial charge in [0.15, 0.2) is 0 Å². The van der Waals surface area contributed by atoms with E-state index in [2.05, 4.69) is 39.0 Å². The molecule has 1 heterocycles. The fourth-order valence-electron chi connectivity index (χ4n) is 1.30. The van der Waals surface area contributed by atoms with Gasteiger partial charge in [0.05, 0.1) is 6.54 Å². The molecule has 0 spiro atoms. The Balaban J connectivity index is 2.05. The predicted octanol–water partition coefficient (Wildman–Crippen LogP) is 3.88. The molecule has 2 aromatic rings. The third-order valence-corrected chi connectivity index (χ3v) is 3.19. The number of hydrogen-bond donors (Lipinski definition) is 2. The molecule has 0 saturated heterocycles. The zero-order valence-corrected chi connectivity index (χ0v) is 10.8. The van der Waals surface area contributed by atoms with Gasteiger partial charge in [0.25, 0.3) is 0 Å². The highest BCUT2D eigenvalue weighted by Crippen LogP contribution is 2.22. The average Bonchev–Trinajstić information content (AvgIpc) is 2.69. The summed E-state index contributed by atoms with van der Waals surface area (Å²) in [6.07, 6.45) is 1.92. The highest BCUT2D eigenvalue weighted by Gasteiger charge is 2.00. The summed E-state index contributed by atoms with van der Waals surface area (Å²) in [6.45, 7) is 0.796. The lowest BCUT2D eigenvalue weighted by molar-refractivity contribution is 1.07. The summed E-state index contributed by atoms with van der Waals surface area (Å²) in [5.74, 6) is 0. The molecular weight excluding hydrogens is 322 g/mol. The van der Waals surface area contributed by atoms with Gasteiger partial charge in [0.1, 0.15) is 0 Å². The fourth-order valence-corrected chi connectivity index (χ4v) is 2.36. The first-order valence-electron chi connectivity index (χ1n) is 4.57. The van der Waals surface area contributed by atoms with E-state index in [9.17, 15) is 0 Å². The van der Waals surface area contributed by atoms with Gasteiger partial charge in [-0.25, -0.2) is 0 Å². The van der Waals surface area contributed by atoms with Gasteiger partial charge in [-0.15, -0.1) is 0 Å². The number of aromatic amines is 1. The van der Waals surface area contributed by atoms with Crippen LogP contribution in [-0.2, 0) is 6.54 Å². The smallest absolute Gasteiger partial charge is 0.0551 e. The predicted molar refractivity (Wildman–Crippen MR) is 72.3 cm³/mol. The molecule has 0 saturated carbocycles. The van der Waals surface area contributed by atoms with Crippen molar-refractivity contribution >= 4 is 39.9 Å². The molecule has 0 aliphatic carbocycles. The molecule has 0 radical (unpaired) electrons. The minimum Gasteiger partial charge on any atom is -0.379 e. The van der Waals surface area contributed by atoms with Crippen LogP contribution in [0.2, 0.25) is 5.02 Å². The molecule has 1 aromatic heterocycles. The van der Waals surface area contributed by atoms with Gasteiger partial charge in [-0.05, 0) is 52.9 Å². The molecule has 0 unspecified atom stereocenters. The van der Waals surface area contributed by atoms with E-state index in [1.165, 1.54) is 5.69 Å². The minimum atomic E-state index is 0.768. The lowest BCUT2D eigenvalue weighted by Gasteiger charge is -2.07. The summed E-state index contributed by atoms with van der Waals surface area (Å²) in [5.41, 5.74) is 2.27. The van der Waals surface area contributed by atoms with Crippen LogP contribution in [0.15, 0.2) is 36.5 Å². The minimum absolute atomic E-state index is 0.768. The molecule has 1 aromatic carbocycles. The molecule has 0 amide bonds. The van der Waals surface area contributed by atoms with Crippen molar-refractivity contribution in [2.24, 2.45) is 0 Å². The molecule has 0 fully saturated rings. The Labute approximate surface area is 107 Å². The SMILES string of the molecule is Clc1ccc(NCc2ccc[nH]2)c(I)c1. The monoisotopic (exact) mass is 332 g/mol. The summed E-state index contributed by atoms with van der Waals surface area (Å²) in [6, 6.07) is 9.87. The molecule has 78 valence electrons. The van der Waals surface area contributed by atoms with Gasteiger partial charge in [-0.3, -0.25) is 0 Å². The Morgan fingerprint density at radius 3 is 2.87 bits per heavy atom. The molecule has 0 aliphatic rings. The number of nitrogens with one attached hydrogen (secondary N) is 2. The Bertz CT molecular complexity index is 440. The molecule has 2 N–H and O–H groups in total. The van der Waals surface area contributed by atoms with Crippen LogP contribution in [0.3, 0.4) is 0 Å². The van der Waals surface area contributed by atoms with Crippen LogP contribution in [0.1, 0.15) is 5.69 Å². The number of rotatable bonds is 3. The van der Waals surface area contributed by atoms with Crippen molar-refractivity contribution in [3.8, 4) is 0 Å². The summed E-state index contributed by atoms with van der Waals surface area (Å²) < 4.78 is 1.13. The van der Waals surface area contributed by atoms with Gasteiger partial charge in [0, 0.05) is 26.2 Å². The number of anilines is 1. The molecule has 2 nitrogen and oxygen atoms in total. The zero-order valence-electron chi connectivity index (χ0n) is 7.93.